The van der Waals surface area contributed by atoms with Crippen molar-refractivity contribution in [3.63, 3.8) is 0 Å². The van der Waals surface area contributed by atoms with Crippen LogP contribution in [0.4, 0.5) is 4.39 Å². The molecule has 0 fully saturated rings. The summed E-state index contributed by atoms with van der Waals surface area (Å²) in [6, 6.07) is 6.77. The maximum Gasteiger partial charge on any atom is 0.123 e. The first-order chi connectivity index (χ1) is 9.02. The molecule has 0 aliphatic heterocycles. The van der Waals surface area contributed by atoms with Gasteiger partial charge in [-0.15, -0.1) is 0 Å². The van der Waals surface area contributed by atoms with Gasteiger partial charge in [0.25, 0.3) is 0 Å². The van der Waals surface area contributed by atoms with Gasteiger partial charge in [-0.3, -0.25) is 0 Å². The maximum atomic E-state index is 13.5. The van der Waals surface area contributed by atoms with Crippen molar-refractivity contribution < 1.29 is 4.39 Å². The number of benzene rings is 1. The van der Waals surface area contributed by atoms with E-state index in [4.69, 9.17) is 0 Å². The molecule has 3 nitrogen and oxygen atoms in total. The molecule has 0 spiro atoms. The topological polar surface area (TPSA) is 37.8 Å². The van der Waals surface area contributed by atoms with Crippen LogP contribution < -0.4 is 5.32 Å². The summed E-state index contributed by atoms with van der Waals surface area (Å²) in [4.78, 5) is 0. The van der Waals surface area contributed by atoms with E-state index in [1.54, 1.807) is 12.1 Å². The fourth-order valence-corrected chi connectivity index (χ4v) is 2.26. The van der Waals surface area contributed by atoms with E-state index in [-0.39, 0.29) is 11.9 Å². The summed E-state index contributed by atoms with van der Waals surface area (Å²) in [5.41, 5.74) is 4.72. The van der Waals surface area contributed by atoms with E-state index in [1.807, 2.05) is 33.9 Å². The number of aryl methyl sites for hydroxylation is 3. The van der Waals surface area contributed by atoms with Crippen LogP contribution >= 0.6 is 0 Å². The minimum atomic E-state index is -0.225. The number of halogens is 1. The Morgan fingerprint density at radius 1 is 1.05 bits per heavy atom. The molecular formula is C15H18FN3. The molecule has 4 heteroatoms. The molecule has 1 atom stereocenters. The molecule has 0 bridgehead atoms. The number of aromatic nitrogens is 2. The maximum absolute atomic E-state index is 13.5. The first-order valence-electron chi connectivity index (χ1n) is 6.27. The summed E-state index contributed by atoms with van der Waals surface area (Å²) < 4.78 is 13.5. The lowest BCUT2D eigenvalue weighted by Crippen LogP contribution is -2.21. The van der Waals surface area contributed by atoms with E-state index in [2.05, 4.69) is 15.5 Å². The van der Waals surface area contributed by atoms with E-state index in [0.717, 1.165) is 28.1 Å². The molecule has 100 valence electrons. The Hall–Kier alpha value is -1.81. The van der Waals surface area contributed by atoms with E-state index >= 15 is 0 Å². The van der Waals surface area contributed by atoms with Crippen LogP contribution in [-0.2, 0) is 0 Å². The lowest BCUT2D eigenvalue weighted by molar-refractivity contribution is 0.613. The number of rotatable bonds is 3. The summed E-state index contributed by atoms with van der Waals surface area (Å²) in [6.07, 6.45) is 0. The predicted molar refractivity (Wildman–Crippen MR) is 73.5 cm³/mol. The smallest absolute Gasteiger partial charge is 0.123 e. The molecule has 1 aromatic carbocycles. The largest absolute Gasteiger partial charge is 0.309 e. The van der Waals surface area contributed by atoms with Gasteiger partial charge in [-0.2, -0.15) is 10.2 Å². The minimum absolute atomic E-state index is 0.0788. The van der Waals surface area contributed by atoms with Crippen molar-refractivity contribution >= 4 is 0 Å². The highest BCUT2D eigenvalue weighted by atomic mass is 19.1. The summed E-state index contributed by atoms with van der Waals surface area (Å²) >= 11 is 0. The zero-order valence-corrected chi connectivity index (χ0v) is 11.7. The van der Waals surface area contributed by atoms with Crippen molar-refractivity contribution in [2.75, 3.05) is 7.05 Å². The second kappa shape index (κ2) is 5.45. The van der Waals surface area contributed by atoms with Crippen LogP contribution in [0.5, 0.6) is 0 Å². The van der Waals surface area contributed by atoms with Gasteiger partial charge in [0.2, 0.25) is 0 Å². The monoisotopic (exact) mass is 259 g/mol. The van der Waals surface area contributed by atoms with E-state index < -0.39 is 0 Å². The molecule has 2 rings (SSSR count). The Kier molecular flexibility index (Phi) is 3.90. The number of hydrogen-bond donors (Lipinski definition) is 1. The van der Waals surface area contributed by atoms with Gasteiger partial charge in [0.15, 0.2) is 0 Å². The van der Waals surface area contributed by atoms with Crippen LogP contribution in [0.15, 0.2) is 24.3 Å². The van der Waals surface area contributed by atoms with Crippen LogP contribution in [0.2, 0.25) is 0 Å². The second-order valence-corrected chi connectivity index (χ2v) is 4.75. The highest BCUT2D eigenvalue weighted by Gasteiger charge is 2.18. The summed E-state index contributed by atoms with van der Waals surface area (Å²) in [5, 5.41) is 11.4. The van der Waals surface area contributed by atoms with Crippen molar-refractivity contribution in [1.82, 2.24) is 15.5 Å². The van der Waals surface area contributed by atoms with Gasteiger partial charge in [-0.05, 0) is 62.7 Å². The van der Waals surface area contributed by atoms with Crippen molar-refractivity contribution in [2.45, 2.75) is 26.8 Å². The van der Waals surface area contributed by atoms with Crippen molar-refractivity contribution in [3.05, 3.63) is 58.2 Å². The van der Waals surface area contributed by atoms with Crippen LogP contribution in [0.3, 0.4) is 0 Å². The Morgan fingerprint density at radius 3 is 2.47 bits per heavy atom. The van der Waals surface area contributed by atoms with E-state index in [0.29, 0.717) is 0 Å². The van der Waals surface area contributed by atoms with Gasteiger partial charge in [0.1, 0.15) is 5.82 Å². The van der Waals surface area contributed by atoms with Gasteiger partial charge in [-0.25, -0.2) is 4.39 Å². The third-order valence-electron chi connectivity index (χ3n) is 3.29. The third-order valence-corrected chi connectivity index (χ3v) is 3.29. The zero-order chi connectivity index (χ0) is 14.0. The van der Waals surface area contributed by atoms with E-state index in [9.17, 15) is 4.39 Å². The fraction of sp³-hybridized carbons (Fsp3) is 0.333. The zero-order valence-electron chi connectivity index (χ0n) is 11.7. The Labute approximate surface area is 112 Å². The molecule has 1 unspecified atom stereocenters. The van der Waals surface area contributed by atoms with Crippen molar-refractivity contribution in [2.24, 2.45) is 0 Å². The lowest BCUT2D eigenvalue weighted by atomic mass is 9.94. The molecule has 0 aliphatic carbocycles. The van der Waals surface area contributed by atoms with Gasteiger partial charge in [-0.1, -0.05) is 6.07 Å². The lowest BCUT2D eigenvalue weighted by Gasteiger charge is -2.21. The summed E-state index contributed by atoms with van der Waals surface area (Å²) in [7, 11) is 1.87. The molecule has 0 amide bonds. The Balaban J connectivity index is 2.55. The molecule has 0 radical (unpaired) electrons. The van der Waals surface area contributed by atoms with Gasteiger partial charge in [0, 0.05) is 0 Å². The Bertz CT molecular complexity index is 544. The van der Waals surface area contributed by atoms with Crippen molar-refractivity contribution in [3.8, 4) is 0 Å². The van der Waals surface area contributed by atoms with Gasteiger partial charge in [0.05, 0.1) is 17.4 Å². The number of nitrogens with zero attached hydrogens (tertiary/aromatic N) is 2. The fourth-order valence-electron chi connectivity index (χ4n) is 2.26. The normalized spacial score (nSPS) is 12.5. The van der Waals surface area contributed by atoms with E-state index in [1.165, 1.54) is 6.07 Å². The second-order valence-electron chi connectivity index (χ2n) is 4.75. The first kappa shape index (κ1) is 13.6. The van der Waals surface area contributed by atoms with Gasteiger partial charge >= 0.3 is 0 Å². The standard InChI is InChI=1S/C15H18FN3/c1-9-5-6-12(16)8-13(9)15(17-4)14-7-10(2)18-19-11(14)3/h5-8,15,17H,1-4H3. The molecular weight excluding hydrogens is 241 g/mol. The van der Waals surface area contributed by atoms with Crippen LogP contribution in [-0.4, -0.2) is 17.2 Å². The summed E-state index contributed by atoms with van der Waals surface area (Å²) in [5.74, 6) is -0.225. The van der Waals surface area contributed by atoms with Crippen LogP contribution in [0.1, 0.15) is 34.1 Å². The molecule has 0 aliphatic rings. The van der Waals surface area contributed by atoms with Crippen molar-refractivity contribution in [1.29, 1.82) is 0 Å². The van der Waals surface area contributed by atoms with Gasteiger partial charge < -0.3 is 5.32 Å². The average Bonchev–Trinajstić information content (AvgIpc) is 2.38. The quantitative estimate of drug-likeness (QED) is 0.921. The average molecular weight is 259 g/mol. The molecule has 2 aromatic rings. The number of hydrogen-bond acceptors (Lipinski definition) is 3. The highest BCUT2D eigenvalue weighted by molar-refractivity contribution is 5.38. The third kappa shape index (κ3) is 2.79. The van der Waals surface area contributed by atoms with Crippen LogP contribution in [0.25, 0.3) is 0 Å². The highest BCUT2D eigenvalue weighted by Crippen LogP contribution is 2.27. The first-order valence-corrected chi connectivity index (χ1v) is 6.27. The molecule has 1 N–H and O–H groups in total. The molecule has 0 saturated heterocycles. The van der Waals surface area contributed by atoms with Crippen LogP contribution in [0, 0.1) is 26.6 Å². The molecule has 0 saturated carbocycles. The SMILES string of the molecule is CNC(c1cc(F)ccc1C)c1cc(C)nnc1C. The number of nitrogens with one attached hydrogen (secondary N) is 1. The Morgan fingerprint density at radius 2 is 1.79 bits per heavy atom. The minimum Gasteiger partial charge on any atom is -0.309 e. The molecule has 19 heavy (non-hydrogen) atoms. The molecule has 1 heterocycles. The molecule has 1 aromatic heterocycles. The predicted octanol–water partition coefficient (Wildman–Crippen LogP) is 2.85. The summed E-state index contributed by atoms with van der Waals surface area (Å²) in [6.45, 7) is 5.80.